The van der Waals surface area contributed by atoms with E-state index in [1.54, 1.807) is 30.8 Å². The first kappa shape index (κ1) is 14.9. The molecule has 5 nitrogen and oxygen atoms in total. The van der Waals surface area contributed by atoms with Gasteiger partial charge in [0.25, 0.3) is 0 Å². The van der Waals surface area contributed by atoms with Crippen molar-refractivity contribution in [1.82, 2.24) is 9.13 Å². The van der Waals surface area contributed by atoms with E-state index in [0.29, 0.717) is 17.1 Å². The number of nitrogens with zero attached hydrogens (tertiary/aromatic N) is 3. The maximum absolute atomic E-state index is 12.9. The van der Waals surface area contributed by atoms with Gasteiger partial charge in [-0.2, -0.15) is 5.26 Å². The molecule has 1 aromatic heterocycles. The van der Waals surface area contributed by atoms with E-state index >= 15 is 0 Å². The van der Waals surface area contributed by atoms with E-state index in [4.69, 9.17) is 17.6 Å². The molecule has 0 aliphatic rings. The predicted octanol–water partition coefficient (Wildman–Crippen LogP) is 2.20. The minimum atomic E-state index is -0.296. The van der Waals surface area contributed by atoms with E-state index < -0.39 is 0 Å². The lowest BCUT2D eigenvalue weighted by atomic mass is 10.2. The van der Waals surface area contributed by atoms with Gasteiger partial charge in [-0.15, -0.1) is 0 Å². The van der Waals surface area contributed by atoms with Gasteiger partial charge in [0.2, 0.25) is 0 Å². The number of aromatic nitrogens is 2. The lowest BCUT2D eigenvalue weighted by Gasteiger charge is -2.16. The van der Waals surface area contributed by atoms with Crippen molar-refractivity contribution in [3.63, 3.8) is 0 Å². The molecule has 0 saturated heterocycles. The highest BCUT2D eigenvalue weighted by atomic mass is 32.1. The van der Waals surface area contributed by atoms with Gasteiger partial charge in [-0.05, 0) is 29.9 Å². The van der Waals surface area contributed by atoms with E-state index in [1.807, 2.05) is 6.07 Å². The van der Waals surface area contributed by atoms with Crippen LogP contribution in [-0.2, 0) is 20.6 Å². The Morgan fingerprint density at radius 3 is 2.48 bits per heavy atom. The Balaban J connectivity index is 2.41. The lowest BCUT2D eigenvalue weighted by Crippen LogP contribution is -2.27. The van der Waals surface area contributed by atoms with Crippen LogP contribution in [-0.4, -0.2) is 9.13 Å². The fraction of sp³-hybridized carbons (Fsp3) is 0.214. The molecule has 0 saturated carbocycles. The highest BCUT2D eigenvalue weighted by Gasteiger charge is 2.11. The maximum Gasteiger partial charge on any atom is 0.182 e. The standard InChI is InChI=1S/C14H14FN5S/c1-19-12(17)11(7-16)13(20(2)14(19)21)18-8-9-3-5-10(15)6-4-9/h3-6,17-18H,8H2,1-2H3. The van der Waals surface area contributed by atoms with Crippen molar-refractivity contribution in [2.24, 2.45) is 14.1 Å². The second kappa shape index (κ2) is 5.89. The van der Waals surface area contributed by atoms with Gasteiger partial charge >= 0.3 is 0 Å². The van der Waals surface area contributed by atoms with Crippen molar-refractivity contribution < 1.29 is 4.39 Å². The van der Waals surface area contributed by atoms with Crippen LogP contribution in [0.2, 0.25) is 0 Å². The van der Waals surface area contributed by atoms with Crippen molar-refractivity contribution >= 4 is 18.0 Å². The van der Waals surface area contributed by atoms with Gasteiger partial charge in [-0.25, -0.2) is 4.39 Å². The maximum atomic E-state index is 12.9. The molecule has 0 aliphatic heterocycles. The van der Waals surface area contributed by atoms with E-state index in [0.717, 1.165) is 5.56 Å². The minimum absolute atomic E-state index is 0.0576. The molecule has 0 fully saturated rings. The van der Waals surface area contributed by atoms with Crippen LogP contribution < -0.4 is 10.8 Å². The minimum Gasteiger partial charge on any atom is -0.366 e. The molecular formula is C14H14FN5S. The molecule has 0 amide bonds. The van der Waals surface area contributed by atoms with Gasteiger partial charge in [-0.3, -0.25) is 5.41 Å². The molecule has 2 aromatic rings. The van der Waals surface area contributed by atoms with E-state index in [9.17, 15) is 9.65 Å². The van der Waals surface area contributed by atoms with E-state index in [1.165, 1.54) is 16.7 Å². The highest BCUT2D eigenvalue weighted by molar-refractivity contribution is 7.71. The summed E-state index contributed by atoms with van der Waals surface area (Å²) in [5, 5.41) is 20.3. The Morgan fingerprint density at radius 1 is 1.29 bits per heavy atom. The Morgan fingerprint density at radius 2 is 1.90 bits per heavy atom. The van der Waals surface area contributed by atoms with Crippen molar-refractivity contribution in [2.45, 2.75) is 6.54 Å². The number of nitrogens with one attached hydrogen (secondary N) is 2. The second-order valence-electron chi connectivity index (χ2n) is 4.56. The SMILES string of the molecule is Cn1c(NCc2ccc(F)cc2)c(C#N)c(=N)n(C)c1=S. The molecule has 7 heteroatoms. The summed E-state index contributed by atoms with van der Waals surface area (Å²) >= 11 is 5.23. The molecule has 1 heterocycles. The molecule has 0 unspecified atom stereocenters. The van der Waals surface area contributed by atoms with E-state index in [2.05, 4.69) is 5.32 Å². The van der Waals surface area contributed by atoms with Gasteiger partial charge in [0.05, 0.1) is 0 Å². The molecule has 0 atom stereocenters. The quantitative estimate of drug-likeness (QED) is 0.854. The molecule has 0 aliphatic carbocycles. The fourth-order valence-corrected chi connectivity index (χ4v) is 2.15. The van der Waals surface area contributed by atoms with Crippen LogP contribution >= 0.6 is 12.2 Å². The summed E-state index contributed by atoms with van der Waals surface area (Å²) < 4.78 is 16.4. The summed E-state index contributed by atoms with van der Waals surface area (Å²) in [4.78, 5) is 0. The van der Waals surface area contributed by atoms with Crippen LogP contribution in [0, 0.1) is 27.3 Å². The van der Waals surface area contributed by atoms with Crippen molar-refractivity contribution in [3.05, 3.63) is 51.5 Å². The fourth-order valence-electron chi connectivity index (χ4n) is 1.96. The van der Waals surface area contributed by atoms with Crippen LogP contribution in [0.4, 0.5) is 10.2 Å². The molecule has 2 rings (SSSR count). The number of benzene rings is 1. The zero-order valence-electron chi connectivity index (χ0n) is 11.6. The molecular weight excluding hydrogens is 289 g/mol. The van der Waals surface area contributed by atoms with Crippen LogP contribution in [0.3, 0.4) is 0 Å². The Kier molecular flexibility index (Phi) is 4.19. The summed E-state index contributed by atoms with van der Waals surface area (Å²) in [6.07, 6.45) is 0. The van der Waals surface area contributed by atoms with E-state index in [-0.39, 0.29) is 16.9 Å². The number of nitriles is 1. The normalized spacial score (nSPS) is 10.2. The average Bonchev–Trinajstić information content (AvgIpc) is 2.49. The monoisotopic (exact) mass is 303 g/mol. The molecule has 1 aromatic carbocycles. The van der Waals surface area contributed by atoms with Crippen LogP contribution in [0.25, 0.3) is 0 Å². The summed E-state index contributed by atoms with van der Waals surface area (Å²) in [6, 6.07) is 8.09. The third-order valence-corrected chi connectivity index (χ3v) is 3.75. The number of halogens is 1. The van der Waals surface area contributed by atoms with Gasteiger partial charge in [0.1, 0.15) is 28.8 Å². The number of hydrogen-bond acceptors (Lipinski definition) is 4. The van der Waals surface area contributed by atoms with Gasteiger partial charge in [-0.1, -0.05) is 12.1 Å². The van der Waals surface area contributed by atoms with Gasteiger partial charge < -0.3 is 14.5 Å². The van der Waals surface area contributed by atoms with Crippen LogP contribution in [0.15, 0.2) is 24.3 Å². The van der Waals surface area contributed by atoms with Crippen LogP contribution in [0.5, 0.6) is 0 Å². The summed E-state index contributed by atoms with van der Waals surface area (Å²) in [7, 11) is 3.38. The summed E-state index contributed by atoms with van der Waals surface area (Å²) in [6.45, 7) is 0.407. The Bertz CT molecular complexity index is 827. The molecule has 0 bridgehead atoms. The molecule has 108 valence electrons. The Labute approximate surface area is 126 Å². The summed E-state index contributed by atoms with van der Waals surface area (Å²) in [5.74, 6) is 0.185. The van der Waals surface area contributed by atoms with Crippen molar-refractivity contribution in [3.8, 4) is 6.07 Å². The predicted molar refractivity (Wildman–Crippen MR) is 79.5 cm³/mol. The van der Waals surface area contributed by atoms with Crippen molar-refractivity contribution in [1.29, 1.82) is 10.7 Å². The number of anilines is 1. The van der Waals surface area contributed by atoms with Crippen LogP contribution in [0.1, 0.15) is 11.1 Å². The lowest BCUT2D eigenvalue weighted by molar-refractivity contribution is 0.627. The average molecular weight is 303 g/mol. The molecule has 0 radical (unpaired) electrons. The zero-order chi connectivity index (χ0) is 15.6. The third-order valence-electron chi connectivity index (χ3n) is 3.20. The first-order chi connectivity index (χ1) is 9.95. The molecule has 2 N–H and O–H groups in total. The largest absolute Gasteiger partial charge is 0.366 e. The Hall–Kier alpha value is -2.46. The number of rotatable bonds is 3. The highest BCUT2D eigenvalue weighted by Crippen LogP contribution is 2.12. The topological polar surface area (TPSA) is 69.5 Å². The smallest absolute Gasteiger partial charge is 0.182 e. The first-order valence-corrected chi connectivity index (χ1v) is 6.59. The first-order valence-electron chi connectivity index (χ1n) is 6.18. The number of hydrogen-bond donors (Lipinski definition) is 2. The molecule has 21 heavy (non-hydrogen) atoms. The molecule has 0 spiro atoms. The second-order valence-corrected chi connectivity index (χ2v) is 4.93. The summed E-state index contributed by atoms with van der Waals surface area (Å²) in [5.41, 5.74) is 1.14. The van der Waals surface area contributed by atoms with Gasteiger partial charge in [0.15, 0.2) is 4.77 Å². The van der Waals surface area contributed by atoms with Crippen molar-refractivity contribution in [2.75, 3.05) is 5.32 Å². The third kappa shape index (κ3) is 2.85. The van der Waals surface area contributed by atoms with Gasteiger partial charge in [0, 0.05) is 20.6 Å². The zero-order valence-corrected chi connectivity index (χ0v) is 12.5.